The van der Waals surface area contributed by atoms with Gasteiger partial charge in [-0.15, -0.1) is 0 Å². The van der Waals surface area contributed by atoms with Crippen molar-refractivity contribution in [2.45, 2.75) is 32.9 Å². The Hall–Kier alpha value is -2.96. The van der Waals surface area contributed by atoms with Gasteiger partial charge in [0.2, 0.25) is 5.91 Å². The van der Waals surface area contributed by atoms with Crippen molar-refractivity contribution in [2.75, 3.05) is 18.8 Å². The third-order valence-corrected chi connectivity index (χ3v) is 5.07. The normalized spacial score (nSPS) is 17.7. The lowest BCUT2D eigenvalue weighted by Gasteiger charge is -2.34. The quantitative estimate of drug-likeness (QED) is 0.879. The van der Waals surface area contributed by atoms with E-state index in [9.17, 15) is 14.0 Å². The maximum absolute atomic E-state index is 13.2. The standard InChI is InChI=1S/C21H25FN4O2/c1-14(2)18-13-25(21(28)16-7-9-24-19(23)11-16)10-8-20(27)26(18)12-15-3-5-17(22)6-4-15/h3-7,9,11,14,18H,8,10,12-13H2,1-2H3,(H2,23,24)/t18-/m1/s1. The van der Waals surface area contributed by atoms with Crippen LogP contribution in [0.2, 0.25) is 0 Å². The molecule has 1 atom stereocenters. The minimum absolute atomic E-state index is 0.00688. The summed E-state index contributed by atoms with van der Waals surface area (Å²) in [5.41, 5.74) is 7.03. The molecule has 6 nitrogen and oxygen atoms in total. The summed E-state index contributed by atoms with van der Waals surface area (Å²) in [5, 5.41) is 0. The predicted octanol–water partition coefficient (Wildman–Crippen LogP) is 2.70. The van der Waals surface area contributed by atoms with Gasteiger partial charge in [0.15, 0.2) is 0 Å². The Morgan fingerprint density at radius 1 is 1.29 bits per heavy atom. The summed E-state index contributed by atoms with van der Waals surface area (Å²) in [6, 6.07) is 9.21. The molecule has 0 saturated carbocycles. The number of anilines is 1. The van der Waals surface area contributed by atoms with E-state index in [1.807, 2.05) is 18.7 Å². The van der Waals surface area contributed by atoms with Gasteiger partial charge < -0.3 is 15.5 Å². The Bertz CT molecular complexity index is 854. The first-order valence-electron chi connectivity index (χ1n) is 9.40. The molecule has 2 N–H and O–H groups in total. The molecular formula is C21H25FN4O2. The molecule has 0 aliphatic carbocycles. The van der Waals surface area contributed by atoms with Gasteiger partial charge in [0.25, 0.3) is 5.91 Å². The topological polar surface area (TPSA) is 79.5 Å². The molecule has 3 rings (SSSR count). The summed E-state index contributed by atoms with van der Waals surface area (Å²) in [4.78, 5) is 33.2. The molecule has 0 radical (unpaired) electrons. The molecule has 2 heterocycles. The maximum Gasteiger partial charge on any atom is 0.254 e. The van der Waals surface area contributed by atoms with Crippen molar-refractivity contribution < 1.29 is 14.0 Å². The second kappa shape index (κ2) is 8.37. The van der Waals surface area contributed by atoms with Crippen LogP contribution in [0.3, 0.4) is 0 Å². The number of nitrogens with two attached hydrogens (primary N) is 1. The number of carbonyl (C=O) groups is 2. The van der Waals surface area contributed by atoms with Crippen molar-refractivity contribution in [3.05, 3.63) is 59.5 Å². The van der Waals surface area contributed by atoms with Gasteiger partial charge in [-0.3, -0.25) is 9.59 Å². The summed E-state index contributed by atoms with van der Waals surface area (Å²) >= 11 is 0. The first kappa shape index (κ1) is 19.8. The number of carbonyl (C=O) groups excluding carboxylic acids is 2. The highest BCUT2D eigenvalue weighted by Gasteiger charge is 2.33. The van der Waals surface area contributed by atoms with Crippen molar-refractivity contribution in [3.8, 4) is 0 Å². The highest BCUT2D eigenvalue weighted by Crippen LogP contribution is 2.22. The van der Waals surface area contributed by atoms with Crippen molar-refractivity contribution in [2.24, 2.45) is 5.92 Å². The fourth-order valence-corrected chi connectivity index (χ4v) is 3.49. The molecule has 1 aliphatic rings. The number of benzene rings is 1. The van der Waals surface area contributed by atoms with E-state index >= 15 is 0 Å². The molecule has 1 aromatic carbocycles. The van der Waals surface area contributed by atoms with Crippen molar-refractivity contribution >= 4 is 17.6 Å². The number of hydrogen-bond acceptors (Lipinski definition) is 4. The molecule has 1 aliphatic heterocycles. The fraction of sp³-hybridized carbons (Fsp3) is 0.381. The van der Waals surface area contributed by atoms with Crippen molar-refractivity contribution in [1.29, 1.82) is 0 Å². The van der Waals surface area contributed by atoms with E-state index in [0.717, 1.165) is 5.56 Å². The second-order valence-electron chi connectivity index (χ2n) is 7.43. The first-order chi connectivity index (χ1) is 13.3. The van der Waals surface area contributed by atoms with Gasteiger partial charge in [-0.05, 0) is 35.7 Å². The number of nitrogens with zero attached hydrogens (tertiary/aromatic N) is 3. The van der Waals surface area contributed by atoms with Gasteiger partial charge >= 0.3 is 0 Å². The molecule has 148 valence electrons. The number of aromatic nitrogens is 1. The largest absolute Gasteiger partial charge is 0.384 e. The van der Waals surface area contributed by atoms with Crippen LogP contribution in [0.5, 0.6) is 0 Å². The van der Waals surface area contributed by atoms with Gasteiger partial charge in [0.05, 0.1) is 6.04 Å². The number of pyridine rings is 1. The SMILES string of the molecule is CC(C)[C@H]1CN(C(=O)c2ccnc(N)c2)CCC(=O)N1Cc1ccc(F)cc1. The van der Waals surface area contributed by atoms with Gasteiger partial charge in [-0.1, -0.05) is 26.0 Å². The molecule has 2 amide bonds. The van der Waals surface area contributed by atoms with Gasteiger partial charge in [0, 0.05) is 37.8 Å². The summed E-state index contributed by atoms with van der Waals surface area (Å²) in [5.74, 6) is -0.0288. The smallest absolute Gasteiger partial charge is 0.254 e. The van der Waals surface area contributed by atoms with Crippen LogP contribution in [0.25, 0.3) is 0 Å². The summed E-state index contributed by atoms with van der Waals surface area (Å²) in [7, 11) is 0. The lowest BCUT2D eigenvalue weighted by atomic mass is 10.0. The van der Waals surface area contributed by atoms with E-state index < -0.39 is 0 Å². The molecule has 0 unspecified atom stereocenters. The van der Waals surface area contributed by atoms with E-state index in [2.05, 4.69) is 4.98 Å². The number of nitrogen functional groups attached to an aromatic ring is 1. The van der Waals surface area contributed by atoms with Crippen LogP contribution in [0.1, 0.15) is 36.2 Å². The third-order valence-electron chi connectivity index (χ3n) is 5.07. The molecule has 2 aromatic rings. The van der Waals surface area contributed by atoms with Gasteiger partial charge in [-0.25, -0.2) is 9.37 Å². The molecule has 0 spiro atoms. The van der Waals surface area contributed by atoms with Crippen LogP contribution in [0, 0.1) is 11.7 Å². The van der Waals surface area contributed by atoms with E-state index in [0.29, 0.717) is 25.2 Å². The number of amides is 2. The highest BCUT2D eigenvalue weighted by atomic mass is 19.1. The maximum atomic E-state index is 13.2. The first-order valence-corrected chi connectivity index (χ1v) is 9.40. The lowest BCUT2D eigenvalue weighted by molar-refractivity contribution is -0.134. The zero-order valence-electron chi connectivity index (χ0n) is 16.1. The van der Waals surface area contributed by atoms with Crippen LogP contribution in [-0.2, 0) is 11.3 Å². The van der Waals surface area contributed by atoms with Crippen LogP contribution >= 0.6 is 0 Å². The van der Waals surface area contributed by atoms with Crippen LogP contribution < -0.4 is 5.73 Å². The fourth-order valence-electron chi connectivity index (χ4n) is 3.49. The molecular weight excluding hydrogens is 359 g/mol. The summed E-state index contributed by atoms with van der Waals surface area (Å²) in [6.45, 7) is 5.25. The highest BCUT2D eigenvalue weighted by molar-refractivity contribution is 5.95. The molecule has 7 heteroatoms. The van der Waals surface area contributed by atoms with Crippen molar-refractivity contribution in [1.82, 2.24) is 14.8 Å². The number of rotatable bonds is 4. The molecule has 1 fully saturated rings. The molecule has 1 saturated heterocycles. The van der Waals surface area contributed by atoms with E-state index in [4.69, 9.17) is 5.73 Å². The van der Waals surface area contributed by atoms with Crippen LogP contribution in [-0.4, -0.2) is 45.7 Å². The van der Waals surface area contributed by atoms with Crippen molar-refractivity contribution in [3.63, 3.8) is 0 Å². The predicted molar refractivity (Wildman–Crippen MR) is 105 cm³/mol. The Balaban J connectivity index is 1.83. The Morgan fingerprint density at radius 2 is 2.00 bits per heavy atom. The van der Waals surface area contributed by atoms with Gasteiger partial charge in [0.1, 0.15) is 11.6 Å². The number of hydrogen-bond donors (Lipinski definition) is 1. The Labute approximate surface area is 164 Å². The van der Waals surface area contributed by atoms with E-state index in [-0.39, 0.29) is 41.8 Å². The average molecular weight is 384 g/mol. The zero-order valence-corrected chi connectivity index (χ0v) is 16.1. The number of halogens is 1. The summed E-state index contributed by atoms with van der Waals surface area (Å²) < 4.78 is 13.2. The van der Waals surface area contributed by atoms with Gasteiger partial charge in [-0.2, -0.15) is 0 Å². The minimum Gasteiger partial charge on any atom is -0.384 e. The van der Waals surface area contributed by atoms with Crippen LogP contribution in [0.4, 0.5) is 10.2 Å². The van der Waals surface area contributed by atoms with E-state index in [1.54, 1.807) is 29.2 Å². The zero-order chi connectivity index (χ0) is 20.3. The Morgan fingerprint density at radius 3 is 2.64 bits per heavy atom. The molecule has 28 heavy (non-hydrogen) atoms. The second-order valence-corrected chi connectivity index (χ2v) is 7.43. The monoisotopic (exact) mass is 384 g/mol. The van der Waals surface area contributed by atoms with E-state index in [1.165, 1.54) is 18.3 Å². The lowest BCUT2D eigenvalue weighted by Crippen LogP contribution is -2.47. The minimum atomic E-state index is -0.306. The van der Waals surface area contributed by atoms with Crippen LogP contribution in [0.15, 0.2) is 42.6 Å². The average Bonchev–Trinajstić information content (AvgIpc) is 2.83. The molecule has 1 aromatic heterocycles. The summed E-state index contributed by atoms with van der Waals surface area (Å²) in [6.07, 6.45) is 1.75. The third kappa shape index (κ3) is 4.47. The Kier molecular flexibility index (Phi) is 5.92. The molecule has 0 bridgehead atoms.